The molecule has 0 unspecified atom stereocenters. The third kappa shape index (κ3) is 4.05. The molecule has 2 aliphatic rings. The first-order valence-corrected chi connectivity index (χ1v) is 9.01. The summed E-state index contributed by atoms with van der Waals surface area (Å²) in [4.78, 5) is 27.5. The number of piperidine rings is 1. The number of carbonyl (C=O) groups is 2. The molecule has 1 aromatic rings. The van der Waals surface area contributed by atoms with Gasteiger partial charge in [-0.05, 0) is 37.7 Å². The van der Waals surface area contributed by atoms with E-state index in [0.717, 1.165) is 31.5 Å². The third-order valence-corrected chi connectivity index (χ3v) is 5.06. The fraction of sp³-hybridized carbons (Fsp3) is 0.500. The molecule has 1 heterocycles. The van der Waals surface area contributed by atoms with E-state index in [9.17, 15) is 9.59 Å². The van der Waals surface area contributed by atoms with Crippen LogP contribution in [0, 0.1) is 11.8 Å². The number of amides is 2. The topological polar surface area (TPSA) is 49.4 Å². The summed E-state index contributed by atoms with van der Waals surface area (Å²) in [6, 6.07) is 9.89. The fourth-order valence-corrected chi connectivity index (χ4v) is 3.64. The van der Waals surface area contributed by atoms with Crippen molar-refractivity contribution in [2.45, 2.75) is 38.6 Å². The summed E-state index contributed by atoms with van der Waals surface area (Å²) in [5, 5.41) is 3.01. The van der Waals surface area contributed by atoms with Crippen molar-refractivity contribution < 1.29 is 9.59 Å². The number of benzene rings is 1. The Bertz CT molecular complexity index is 591. The molecule has 0 saturated carbocycles. The van der Waals surface area contributed by atoms with Gasteiger partial charge in [-0.15, -0.1) is 0 Å². The molecule has 1 aliphatic heterocycles. The average molecular weight is 326 g/mol. The Labute approximate surface area is 143 Å². The molecule has 0 spiro atoms. The Morgan fingerprint density at radius 1 is 0.958 bits per heavy atom. The maximum atomic E-state index is 12.9. The highest BCUT2D eigenvalue weighted by molar-refractivity contribution is 5.88. The van der Waals surface area contributed by atoms with E-state index in [2.05, 4.69) is 5.32 Å². The van der Waals surface area contributed by atoms with Crippen molar-refractivity contribution in [2.75, 3.05) is 13.1 Å². The zero-order valence-corrected chi connectivity index (χ0v) is 14.1. The van der Waals surface area contributed by atoms with Crippen molar-refractivity contribution in [1.29, 1.82) is 0 Å². The monoisotopic (exact) mass is 326 g/mol. The van der Waals surface area contributed by atoms with Crippen LogP contribution < -0.4 is 5.32 Å². The maximum absolute atomic E-state index is 12.9. The van der Waals surface area contributed by atoms with E-state index in [1.807, 2.05) is 47.4 Å². The standard InChI is InChI=1S/C20H26N2O2/c23-19(21-15-16-9-3-1-4-10-16)17-11-5-6-12-18(17)20(24)22-13-7-2-8-14-22/h1,3-6,9-10,17-18H,2,7-8,11-15H2,(H,21,23)/t17-,18+/m1/s1. The zero-order valence-electron chi connectivity index (χ0n) is 14.1. The lowest BCUT2D eigenvalue weighted by Gasteiger charge is -2.34. The number of carbonyl (C=O) groups excluding carboxylic acids is 2. The number of nitrogens with one attached hydrogen (secondary N) is 1. The predicted octanol–water partition coefficient (Wildman–Crippen LogP) is 2.90. The van der Waals surface area contributed by atoms with Crippen molar-refractivity contribution in [3.8, 4) is 0 Å². The Kier molecular flexibility index (Phi) is 5.68. The normalized spacial score (nSPS) is 23.8. The van der Waals surface area contributed by atoms with Gasteiger partial charge < -0.3 is 10.2 Å². The third-order valence-electron chi connectivity index (χ3n) is 5.06. The van der Waals surface area contributed by atoms with Gasteiger partial charge in [-0.25, -0.2) is 0 Å². The van der Waals surface area contributed by atoms with E-state index in [4.69, 9.17) is 0 Å². The molecule has 0 radical (unpaired) electrons. The van der Waals surface area contributed by atoms with Crippen LogP contribution in [0.4, 0.5) is 0 Å². The molecule has 4 nitrogen and oxygen atoms in total. The maximum Gasteiger partial charge on any atom is 0.226 e. The highest BCUT2D eigenvalue weighted by Crippen LogP contribution is 2.29. The van der Waals surface area contributed by atoms with E-state index in [0.29, 0.717) is 19.4 Å². The van der Waals surface area contributed by atoms with E-state index in [1.54, 1.807) is 0 Å². The predicted molar refractivity (Wildman–Crippen MR) is 94.1 cm³/mol. The highest BCUT2D eigenvalue weighted by atomic mass is 16.2. The summed E-state index contributed by atoms with van der Waals surface area (Å²) in [5.74, 6) is -0.283. The van der Waals surface area contributed by atoms with Crippen molar-refractivity contribution in [3.05, 3.63) is 48.0 Å². The summed E-state index contributed by atoms with van der Waals surface area (Å²) in [7, 11) is 0. The number of rotatable bonds is 4. The number of nitrogens with zero attached hydrogens (tertiary/aromatic N) is 1. The molecule has 0 aromatic heterocycles. The molecule has 4 heteroatoms. The second-order valence-electron chi connectivity index (χ2n) is 6.75. The Morgan fingerprint density at radius 3 is 2.33 bits per heavy atom. The Morgan fingerprint density at radius 2 is 1.62 bits per heavy atom. The van der Waals surface area contributed by atoms with Crippen molar-refractivity contribution in [1.82, 2.24) is 10.2 Å². The first-order chi connectivity index (χ1) is 11.8. The van der Waals surface area contributed by atoms with Crippen LogP contribution in [0.1, 0.15) is 37.7 Å². The lowest BCUT2D eigenvalue weighted by atomic mass is 9.81. The lowest BCUT2D eigenvalue weighted by Crippen LogP contribution is -2.46. The van der Waals surface area contributed by atoms with Gasteiger partial charge in [0.1, 0.15) is 0 Å². The summed E-state index contributed by atoms with van der Waals surface area (Å²) in [5.41, 5.74) is 1.08. The van der Waals surface area contributed by atoms with Gasteiger partial charge in [0, 0.05) is 19.6 Å². The van der Waals surface area contributed by atoms with Gasteiger partial charge in [0.05, 0.1) is 11.8 Å². The molecule has 2 amide bonds. The van der Waals surface area contributed by atoms with Crippen LogP contribution in [0.25, 0.3) is 0 Å². The lowest BCUT2D eigenvalue weighted by molar-refractivity contribution is -0.142. The highest BCUT2D eigenvalue weighted by Gasteiger charge is 2.36. The van der Waals surface area contributed by atoms with Gasteiger partial charge in [0.25, 0.3) is 0 Å². The van der Waals surface area contributed by atoms with Gasteiger partial charge in [-0.3, -0.25) is 9.59 Å². The van der Waals surface area contributed by atoms with Crippen molar-refractivity contribution in [3.63, 3.8) is 0 Å². The molecule has 1 aromatic carbocycles. The molecule has 1 aliphatic carbocycles. The summed E-state index contributed by atoms with van der Waals surface area (Å²) >= 11 is 0. The fourth-order valence-electron chi connectivity index (χ4n) is 3.64. The quantitative estimate of drug-likeness (QED) is 0.865. The number of hydrogen-bond donors (Lipinski definition) is 1. The first kappa shape index (κ1) is 16.7. The summed E-state index contributed by atoms with van der Waals surface area (Å²) in [6.07, 6.45) is 8.79. The van der Waals surface area contributed by atoms with E-state index in [1.165, 1.54) is 6.42 Å². The second kappa shape index (κ2) is 8.13. The first-order valence-electron chi connectivity index (χ1n) is 9.01. The van der Waals surface area contributed by atoms with Gasteiger partial charge >= 0.3 is 0 Å². The minimum absolute atomic E-state index is 0.00133. The van der Waals surface area contributed by atoms with Gasteiger partial charge in [0.15, 0.2) is 0 Å². The minimum Gasteiger partial charge on any atom is -0.352 e. The van der Waals surface area contributed by atoms with Crippen molar-refractivity contribution >= 4 is 11.8 Å². The van der Waals surface area contributed by atoms with Gasteiger partial charge in [0.2, 0.25) is 11.8 Å². The van der Waals surface area contributed by atoms with Crippen LogP contribution in [-0.2, 0) is 16.1 Å². The van der Waals surface area contributed by atoms with Crippen LogP contribution in [0.15, 0.2) is 42.5 Å². The van der Waals surface area contributed by atoms with Crippen LogP contribution in [0.5, 0.6) is 0 Å². The molecule has 3 rings (SSSR count). The van der Waals surface area contributed by atoms with Gasteiger partial charge in [-0.1, -0.05) is 42.5 Å². The van der Waals surface area contributed by atoms with Crippen LogP contribution >= 0.6 is 0 Å². The number of likely N-dealkylation sites (tertiary alicyclic amines) is 1. The molecule has 1 N–H and O–H groups in total. The molecule has 2 atom stereocenters. The smallest absolute Gasteiger partial charge is 0.226 e. The largest absolute Gasteiger partial charge is 0.352 e. The van der Waals surface area contributed by atoms with Crippen LogP contribution in [0.2, 0.25) is 0 Å². The van der Waals surface area contributed by atoms with Crippen LogP contribution in [-0.4, -0.2) is 29.8 Å². The molecule has 1 saturated heterocycles. The van der Waals surface area contributed by atoms with E-state index < -0.39 is 0 Å². The molecule has 128 valence electrons. The average Bonchev–Trinajstić information content (AvgIpc) is 2.67. The molecular weight excluding hydrogens is 300 g/mol. The van der Waals surface area contributed by atoms with E-state index in [-0.39, 0.29) is 23.7 Å². The Balaban J connectivity index is 1.62. The minimum atomic E-state index is -0.242. The summed E-state index contributed by atoms with van der Waals surface area (Å²) in [6.45, 7) is 2.21. The van der Waals surface area contributed by atoms with Crippen LogP contribution in [0.3, 0.4) is 0 Å². The summed E-state index contributed by atoms with van der Waals surface area (Å²) < 4.78 is 0. The Hall–Kier alpha value is -2.10. The molecule has 24 heavy (non-hydrogen) atoms. The number of hydrogen-bond acceptors (Lipinski definition) is 2. The molecular formula is C20H26N2O2. The number of allylic oxidation sites excluding steroid dienone is 2. The molecule has 0 bridgehead atoms. The van der Waals surface area contributed by atoms with Gasteiger partial charge in [-0.2, -0.15) is 0 Å². The van der Waals surface area contributed by atoms with E-state index >= 15 is 0 Å². The zero-order chi connectivity index (χ0) is 16.8. The van der Waals surface area contributed by atoms with Crippen molar-refractivity contribution in [2.24, 2.45) is 11.8 Å². The molecule has 1 fully saturated rings. The SMILES string of the molecule is O=C(NCc1ccccc1)[C@@H]1CC=CC[C@@H]1C(=O)N1CCCCC1. The second-order valence-corrected chi connectivity index (χ2v) is 6.75.